The summed E-state index contributed by atoms with van der Waals surface area (Å²) in [6.07, 6.45) is 3.11. The quantitative estimate of drug-likeness (QED) is 0.279. The van der Waals surface area contributed by atoms with E-state index in [4.69, 9.17) is 9.47 Å². The maximum Gasteiger partial charge on any atom is 0.247 e. The van der Waals surface area contributed by atoms with Gasteiger partial charge in [0.1, 0.15) is 28.2 Å². The van der Waals surface area contributed by atoms with Gasteiger partial charge in [-0.05, 0) is 79.2 Å². The van der Waals surface area contributed by atoms with E-state index < -0.39 is 16.1 Å². The summed E-state index contributed by atoms with van der Waals surface area (Å²) in [6, 6.07) is 26.1. The Bertz CT molecular complexity index is 1570. The van der Waals surface area contributed by atoms with Gasteiger partial charge in [-0.1, -0.05) is 43.3 Å². The van der Waals surface area contributed by atoms with Gasteiger partial charge in [0.25, 0.3) is 0 Å². The first kappa shape index (κ1) is 29.7. The normalized spacial score (nSPS) is 19.3. The molecule has 42 heavy (non-hydrogen) atoms. The van der Waals surface area contributed by atoms with Crippen molar-refractivity contribution in [1.82, 2.24) is 14.2 Å². The molecule has 0 amide bonds. The number of hydrogen-bond acceptors (Lipinski definition) is 7. The highest BCUT2D eigenvalue weighted by Gasteiger charge is 2.38. The molecular weight excluding hydrogens is 550 g/mol. The summed E-state index contributed by atoms with van der Waals surface area (Å²) >= 11 is 0. The first-order valence-electron chi connectivity index (χ1n) is 14.1. The van der Waals surface area contributed by atoms with Crippen molar-refractivity contribution < 1.29 is 23.0 Å². The van der Waals surface area contributed by atoms with Gasteiger partial charge >= 0.3 is 0 Å². The first-order valence-corrected chi connectivity index (χ1v) is 15.5. The van der Waals surface area contributed by atoms with Gasteiger partial charge in [0.15, 0.2) is 0 Å². The fraction of sp³-hybridized carbons (Fsp3) is 0.303. The zero-order valence-corrected chi connectivity index (χ0v) is 24.9. The van der Waals surface area contributed by atoms with Crippen molar-refractivity contribution in [1.29, 1.82) is 0 Å². The molecule has 3 atom stereocenters. The molecule has 8 nitrogen and oxygen atoms in total. The zero-order valence-electron chi connectivity index (χ0n) is 24.1. The number of hydrogen-bond donors (Lipinski definition) is 1. The van der Waals surface area contributed by atoms with Crippen molar-refractivity contribution in [2.24, 2.45) is 5.92 Å². The number of pyridine rings is 1. The number of para-hydroxylation sites is 1. The number of aliphatic hydroxyl groups is 1. The van der Waals surface area contributed by atoms with Gasteiger partial charge in [-0.2, -0.15) is 4.31 Å². The van der Waals surface area contributed by atoms with Crippen LogP contribution in [0.15, 0.2) is 102 Å². The summed E-state index contributed by atoms with van der Waals surface area (Å²) in [5.41, 5.74) is 2.87. The predicted molar refractivity (Wildman–Crippen MR) is 163 cm³/mol. The van der Waals surface area contributed by atoms with Crippen molar-refractivity contribution in [3.63, 3.8) is 0 Å². The molecule has 1 aromatic heterocycles. The molecule has 0 aliphatic carbocycles. The SMILES string of the molecule is C[C@H]1CN([C@@H](C)CO)S(=O)(=O)c2ccc(-c3ccncc3)cc2O[C@H]1CN(C)Cc1ccc(Oc2ccccc2)cc1. The van der Waals surface area contributed by atoms with E-state index in [1.54, 1.807) is 37.5 Å². The van der Waals surface area contributed by atoms with Crippen LogP contribution in [0.1, 0.15) is 19.4 Å². The number of nitrogens with zero attached hydrogens (tertiary/aromatic N) is 3. The molecular formula is C33H37N3O5S. The van der Waals surface area contributed by atoms with Crippen LogP contribution in [0, 0.1) is 5.92 Å². The van der Waals surface area contributed by atoms with Crippen LogP contribution in [0.5, 0.6) is 17.2 Å². The lowest BCUT2D eigenvalue weighted by molar-refractivity contribution is 0.0734. The molecule has 0 bridgehead atoms. The summed E-state index contributed by atoms with van der Waals surface area (Å²) in [4.78, 5) is 6.37. The standard InChI is InChI=1S/C33H37N3O5S/c1-24-20-36(25(2)23-37)42(38,39)33-14-11-28(27-15-17-34-18-16-27)19-31(33)41-32(24)22-35(3)21-26-9-12-30(13-10-26)40-29-7-5-4-6-8-29/h4-19,24-25,32,37H,20-23H2,1-3H3/t24-,25-,32-/m0/s1. The Balaban J connectivity index is 1.38. The summed E-state index contributed by atoms with van der Waals surface area (Å²) in [5, 5.41) is 9.93. The van der Waals surface area contributed by atoms with Gasteiger partial charge in [-0.15, -0.1) is 0 Å². The molecule has 0 unspecified atom stereocenters. The average molecular weight is 588 g/mol. The van der Waals surface area contributed by atoms with E-state index in [9.17, 15) is 13.5 Å². The summed E-state index contributed by atoms with van der Waals surface area (Å²) in [5.74, 6) is 1.73. The highest BCUT2D eigenvalue weighted by Crippen LogP contribution is 2.36. The van der Waals surface area contributed by atoms with E-state index in [2.05, 4.69) is 9.88 Å². The second-order valence-electron chi connectivity index (χ2n) is 10.9. The van der Waals surface area contributed by atoms with Crippen molar-refractivity contribution in [2.75, 3.05) is 26.7 Å². The molecule has 1 N–H and O–H groups in total. The van der Waals surface area contributed by atoms with Gasteiger partial charge < -0.3 is 14.6 Å². The summed E-state index contributed by atoms with van der Waals surface area (Å²) in [6.45, 7) is 4.94. The van der Waals surface area contributed by atoms with Crippen LogP contribution in [0.25, 0.3) is 11.1 Å². The second kappa shape index (κ2) is 13.0. The second-order valence-corrected chi connectivity index (χ2v) is 12.8. The minimum absolute atomic E-state index is 0.106. The molecule has 220 valence electrons. The lowest BCUT2D eigenvalue weighted by atomic mass is 10.0. The number of fused-ring (bicyclic) bond motifs is 1. The highest BCUT2D eigenvalue weighted by atomic mass is 32.2. The third-order valence-corrected chi connectivity index (χ3v) is 9.55. The minimum Gasteiger partial charge on any atom is -0.487 e. The largest absolute Gasteiger partial charge is 0.487 e. The molecule has 4 aromatic rings. The van der Waals surface area contributed by atoms with Gasteiger partial charge in [0.2, 0.25) is 10.0 Å². The summed E-state index contributed by atoms with van der Waals surface area (Å²) < 4.78 is 41.5. The summed E-state index contributed by atoms with van der Waals surface area (Å²) in [7, 11) is -1.87. The molecule has 0 saturated carbocycles. The molecule has 1 aliphatic rings. The Morgan fingerprint density at radius 3 is 2.38 bits per heavy atom. The van der Waals surface area contributed by atoms with Crippen LogP contribution in [-0.2, 0) is 16.6 Å². The van der Waals surface area contributed by atoms with Crippen LogP contribution in [0.4, 0.5) is 0 Å². The predicted octanol–water partition coefficient (Wildman–Crippen LogP) is 5.44. The van der Waals surface area contributed by atoms with E-state index >= 15 is 0 Å². The molecule has 1 aliphatic heterocycles. The molecule has 2 heterocycles. The van der Waals surface area contributed by atoms with Crippen LogP contribution in [0.2, 0.25) is 0 Å². The number of sulfonamides is 1. The number of rotatable bonds is 9. The van der Waals surface area contributed by atoms with Crippen LogP contribution in [-0.4, -0.2) is 66.6 Å². The zero-order chi connectivity index (χ0) is 29.7. The minimum atomic E-state index is -3.90. The van der Waals surface area contributed by atoms with Gasteiger partial charge in [-0.25, -0.2) is 8.42 Å². The van der Waals surface area contributed by atoms with Crippen molar-refractivity contribution in [3.8, 4) is 28.4 Å². The third-order valence-electron chi connectivity index (χ3n) is 7.53. The van der Waals surface area contributed by atoms with Crippen LogP contribution < -0.4 is 9.47 Å². The number of benzene rings is 3. The molecule has 3 aromatic carbocycles. The van der Waals surface area contributed by atoms with Gasteiger partial charge in [0, 0.05) is 44.0 Å². The number of ether oxygens (including phenoxy) is 2. The highest BCUT2D eigenvalue weighted by molar-refractivity contribution is 7.89. The van der Waals surface area contributed by atoms with Crippen molar-refractivity contribution >= 4 is 10.0 Å². The molecule has 9 heteroatoms. The number of aliphatic hydroxyl groups excluding tert-OH is 1. The molecule has 0 spiro atoms. The smallest absolute Gasteiger partial charge is 0.247 e. The van der Waals surface area contributed by atoms with Crippen LogP contribution in [0.3, 0.4) is 0 Å². The topological polar surface area (TPSA) is 92.2 Å². The molecule has 0 fully saturated rings. The Hall–Kier alpha value is -3.76. The molecule has 5 rings (SSSR count). The molecule has 0 saturated heterocycles. The Kier molecular flexibility index (Phi) is 9.23. The number of aromatic nitrogens is 1. The fourth-order valence-electron chi connectivity index (χ4n) is 5.14. The van der Waals surface area contributed by atoms with Crippen molar-refractivity contribution in [3.05, 3.63) is 103 Å². The Morgan fingerprint density at radius 2 is 1.69 bits per heavy atom. The maximum absolute atomic E-state index is 13.8. The molecule has 0 radical (unpaired) electrons. The Labute approximate surface area is 248 Å². The average Bonchev–Trinajstić information content (AvgIpc) is 3.00. The third kappa shape index (κ3) is 6.82. The fourth-order valence-corrected chi connectivity index (χ4v) is 6.96. The lowest BCUT2D eigenvalue weighted by Crippen LogP contribution is -2.49. The first-order chi connectivity index (χ1) is 20.2. The maximum atomic E-state index is 13.8. The van der Waals surface area contributed by atoms with E-state index in [-0.39, 0.29) is 30.1 Å². The van der Waals surface area contributed by atoms with E-state index in [0.717, 1.165) is 28.2 Å². The lowest BCUT2D eigenvalue weighted by Gasteiger charge is -2.37. The van der Waals surface area contributed by atoms with E-state index in [1.807, 2.05) is 80.7 Å². The monoisotopic (exact) mass is 587 g/mol. The van der Waals surface area contributed by atoms with Gasteiger partial charge in [-0.3, -0.25) is 9.88 Å². The van der Waals surface area contributed by atoms with Crippen molar-refractivity contribution in [2.45, 2.75) is 37.4 Å². The van der Waals surface area contributed by atoms with Gasteiger partial charge in [0.05, 0.1) is 6.61 Å². The number of likely N-dealkylation sites (N-methyl/N-ethyl adjacent to an activating group) is 1. The van der Waals surface area contributed by atoms with Crippen LogP contribution >= 0.6 is 0 Å². The van der Waals surface area contributed by atoms with E-state index in [0.29, 0.717) is 18.8 Å². The Morgan fingerprint density at radius 1 is 1.00 bits per heavy atom. The van der Waals surface area contributed by atoms with E-state index in [1.165, 1.54) is 4.31 Å².